The van der Waals surface area contributed by atoms with Crippen LogP contribution in [0.5, 0.6) is 0 Å². The van der Waals surface area contributed by atoms with Crippen molar-refractivity contribution in [2.75, 3.05) is 19.0 Å². The summed E-state index contributed by atoms with van der Waals surface area (Å²) in [6.07, 6.45) is 1.83. The van der Waals surface area contributed by atoms with Crippen molar-refractivity contribution in [2.24, 2.45) is 4.99 Å². The number of amidine groups is 1. The first-order valence-electron chi connectivity index (χ1n) is 8.72. The smallest absolute Gasteiger partial charge is 0.264 e. The molecule has 0 bridgehead atoms. The molecule has 1 amide bonds. The average molecular weight is 443 g/mol. The molecule has 0 unspecified atom stereocenters. The van der Waals surface area contributed by atoms with E-state index in [1.54, 1.807) is 18.2 Å². The molecule has 0 radical (unpaired) electrons. The highest BCUT2D eigenvalue weighted by Crippen LogP contribution is 2.35. The van der Waals surface area contributed by atoms with Gasteiger partial charge in [-0.1, -0.05) is 35.3 Å². The molecular formula is C21H16Cl2N4OS. The van der Waals surface area contributed by atoms with Crippen LogP contribution in [0.4, 0.5) is 11.5 Å². The van der Waals surface area contributed by atoms with E-state index < -0.39 is 0 Å². The highest BCUT2D eigenvalue weighted by molar-refractivity contribution is 8.18. The van der Waals surface area contributed by atoms with Gasteiger partial charge in [-0.2, -0.15) is 0 Å². The second kappa shape index (κ2) is 8.06. The number of pyridine rings is 1. The summed E-state index contributed by atoms with van der Waals surface area (Å²) in [5.74, 6) is 0.687. The van der Waals surface area contributed by atoms with Gasteiger partial charge in [0.2, 0.25) is 0 Å². The summed E-state index contributed by atoms with van der Waals surface area (Å²) in [6, 6.07) is 15.0. The van der Waals surface area contributed by atoms with Gasteiger partial charge in [-0.3, -0.25) is 4.79 Å². The number of carbonyl (C=O) groups excluding carboxylic acids is 1. The number of nitrogens with zero attached hydrogens (tertiary/aromatic N) is 3. The van der Waals surface area contributed by atoms with Crippen LogP contribution in [0.1, 0.15) is 5.56 Å². The summed E-state index contributed by atoms with van der Waals surface area (Å²) >= 11 is 13.6. The van der Waals surface area contributed by atoms with Crippen molar-refractivity contribution < 1.29 is 4.79 Å². The van der Waals surface area contributed by atoms with Gasteiger partial charge >= 0.3 is 0 Å². The summed E-state index contributed by atoms with van der Waals surface area (Å²) in [5, 5.41) is 5.05. The monoisotopic (exact) mass is 442 g/mol. The Kier molecular flexibility index (Phi) is 5.50. The minimum Gasteiger partial charge on any atom is -0.363 e. The minimum absolute atomic E-state index is 0.210. The van der Waals surface area contributed by atoms with Crippen LogP contribution < -0.4 is 10.2 Å². The SMILES string of the molecule is CN(C)c1ccc2cc(/C=C3\SC(=Nc4c(Cl)cccc4Cl)NC3=O)ccc2n1. The lowest BCUT2D eigenvalue weighted by Crippen LogP contribution is -2.19. The van der Waals surface area contributed by atoms with E-state index in [9.17, 15) is 4.79 Å². The molecule has 1 N–H and O–H groups in total. The van der Waals surface area contributed by atoms with Gasteiger partial charge in [0.25, 0.3) is 5.91 Å². The quantitative estimate of drug-likeness (QED) is 0.544. The maximum absolute atomic E-state index is 12.4. The summed E-state index contributed by atoms with van der Waals surface area (Å²) in [4.78, 5) is 23.9. The highest BCUT2D eigenvalue weighted by Gasteiger charge is 2.24. The first-order valence-corrected chi connectivity index (χ1v) is 10.3. The molecule has 0 saturated carbocycles. The zero-order valence-corrected chi connectivity index (χ0v) is 17.9. The van der Waals surface area contributed by atoms with Gasteiger partial charge in [-0.15, -0.1) is 0 Å². The number of carbonyl (C=O) groups is 1. The maximum atomic E-state index is 12.4. The van der Waals surface area contributed by atoms with Crippen molar-refractivity contribution in [3.63, 3.8) is 0 Å². The molecule has 1 aliphatic rings. The molecule has 29 heavy (non-hydrogen) atoms. The molecule has 0 atom stereocenters. The minimum atomic E-state index is -0.210. The van der Waals surface area contributed by atoms with Crippen molar-refractivity contribution in [3.8, 4) is 0 Å². The third kappa shape index (κ3) is 4.24. The predicted octanol–water partition coefficient (Wildman–Crippen LogP) is 5.50. The Morgan fingerprint density at radius 1 is 1.10 bits per heavy atom. The van der Waals surface area contributed by atoms with Gasteiger partial charge in [0, 0.05) is 19.5 Å². The fraction of sp³-hybridized carbons (Fsp3) is 0.0952. The molecule has 1 saturated heterocycles. The molecule has 1 fully saturated rings. The number of para-hydroxylation sites is 1. The van der Waals surface area contributed by atoms with Crippen LogP contribution in [-0.2, 0) is 4.79 Å². The van der Waals surface area contributed by atoms with Crippen molar-refractivity contribution in [2.45, 2.75) is 0 Å². The highest BCUT2D eigenvalue weighted by atomic mass is 35.5. The molecular weight excluding hydrogens is 427 g/mol. The molecule has 5 nitrogen and oxygen atoms in total. The van der Waals surface area contributed by atoms with Crippen molar-refractivity contribution in [1.82, 2.24) is 10.3 Å². The maximum Gasteiger partial charge on any atom is 0.264 e. The fourth-order valence-electron chi connectivity index (χ4n) is 2.80. The number of hydrogen-bond acceptors (Lipinski definition) is 5. The Balaban J connectivity index is 1.62. The number of aliphatic imine (C=N–C) groups is 1. The first-order chi connectivity index (χ1) is 13.9. The lowest BCUT2D eigenvalue weighted by molar-refractivity contribution is -0.115. The van der Waals surface area contributed by atoms with Crippen LogP contribution in [0, 0.1) is 0 Å². The Hall–Kier alpha value is -2.54. The van der Waals surface area contributed by atoms with Crippen LogP contribution in [-0.4, -0.2) is 30.2 Å². The molecule has 3 aromatic rings. The second-order valence-corrected chi connectivity index (χ2v) is 8.41. The van der Waals surface area contributed by atoms with E-state index in [1.165, 1.54) is 11.8 Å². The van der Waals surface area contributed by atoms with Crippen LogP contribution >= 0.6 is 35.0 Å². The van der Waals surface area contributed by atoms with Crippen molar-refractivity contribution in [3.05, 3.63) is 69.0 Å². The molecule has 1 aliphatic heterocycles. The van der Waals surface area contributed by atoms with Crippen LogP contribution in [0.2, 0.25) is 10.0 Å². The van der Waals surface area contributed by atoms with Crippen LogP contribution in [0.25, 0.3) is 17.0 Å². The number of nitrogens with one attached hydrogen (secondary N) is 1. The van der Waals surface area contributed by atoms with Crippen LogP contribution in [0.15, 0.2) is 58.4 Å². The summed E-state index contributed by atoms with van der Waals surface area (Å²) in [6.45, 7) is 0. The Labute approximate surface area is 182 Å². The lowest BCUT2D eigenvalue weighted by atomic mass is 10.1. The number of hydrogen-bond donors (Lipinski definition) is 1. The average Bonchev–Trinajstić information content (AvgIpc) is 3.03. The van der Waals surface area contributed by atoms with E-state index in [4.69, 9.17) is 23.2 Å². The number of rotatable bonds is 3. The van der Waals surface area contributed by atoms with Crippen molar-refractivity contribution >= 4 is 74.5 Å². The zero-order valence-electron chi connectivity index (χ0n) is 15.6. The molecule has 1 aromatic heterocycles. The number of anilines is 1. The normalized spacial score (nSPS) is 16.6. The Bertz CT molecular complexity index is 1170. The van der Waals surface area contributed by atoms with E-state index >= 15 is 0 Å². The summed E-state index contributed by atoms with van der Waals surface area (Å²) in [5.41, 5.74) is 2.25. The fourth-order valence-corrected chi connectivity index (χ4v) is 4.11. The lowest BCUT2D eigenvalue weighted by Gasteiger charge is -2.11. The van der Waals surface area contributed by atoms with Gasteiger partial charge in [-0.25, -0.2) is 9.98 Å². The van der Waals surface area contributed by atoms with E-state index in [2.05, 4.69) is 15.3 Å². The van der Waals surface area contributed by atoms with Gasteiger partial charge in [-0.05, 0) is 59.8 Å². The third-order valence-electron chi connectivity index (χ3n) is 4.26. The Morgan fingerprint density at radius 3 is 2.59 bits per heavy atom. The number of aromatic nitrogens is 1. The van der Waals surface area contributed by atoms with Crippen molar-refractivity contribution in [1.29, 1.82) is 0 Å². The number of fused-ring (bicyclic) bond motifs is 1. The van der Waals surface area contributed by atoms with E-state index in [-0.39, 0.29) is 5.91 Å². The van der Waals surface area contributed by atoms with Gasteiger partial charge < -0.3 is 10.2 Å². The standard InChI is InChI=1S/C21H16Cl2N4OS/c1-27(2)18-9-7-13-10-12(6-8-16(13)24-18)11-17-20(28)26-21(29-17)25-19-14(22)4-3-5-15(19)23/h3-11H,1-2H3,(H,25,26,28)/b17-11-. The van der Waals surface area contributed by atoms with Crippen LogP contribution in [0.3, 0.4) is 0 Å². The zero-order chi connectivity index (χ0) is 20.5. The first kappa shape index (κ1) is 19.8. The van der Waals surface area contributed by atoms with Gasteiger partial charge in [0.1, 0.15) is 11.5 Å². The molecule has 0 aliphatic carbocycles. The van der Waals surface area contributed by atoms with Gasteiger partial charge in [0.15, 0.2) is 5.17 Å². The second-order valence-electron chi connectivity index (χ2n) is 6.57. The topological polar surface area (TPSA) is 57.6 Å². The van der Waals surface area contributed by atoms with E-state index in [0.29, 0.717) is 25.8 Å². The van der Waals surface area contributed by atoms with Gasteiger partial charge in [0.05, 0.1) is 20.5 Å². The summed E-state index contributed by atoms with van der Waals surface area (Å²) in [7, 11) is 3.91. The Morgan fingerprint density at radius 2 is 1.86 bits per heavy atom. The molecule has 8 heteroatoms. The number of benzene rings is 2. The third-order valence-corrected chi connectivity index (χ3v) is 5.78. The molecule has 2 heterocycles. The number of amides is 1. The van der Waals surface area contributed by atoms with E-state index in [0.717, 1.165) is 22.3 Å². The molecule has 0 spiro atoms. The molecule has 146 valence electrons. The van der Waals surface area contributed by atoms with E-state index in [1.807, 2.05) is 55.4 Å². The predicted molar refractivity (Wildman–Crippen MR) is 123 cm³/mol. The number of halogens is 2. The number of thioether (sulfide) groups is 1. The molecule has 4 rings (SSSR count). The largest absolute Gasteiger partial charge is 0.363 e. The summed E-state index contributed by atoms with van der Waals surface area (Å²) < 4.78 is 0. The molecule has 2 aromatic carbocycles.